The number of thiophene rings is 1. The van der Waals surface area contributed by atoms with Crippen LogP contribution in [0.1, 0.15) is 31.7 Å². The Morgan fingerprint density at radius 1 is 1.15 bits per heavy atom. The monoisotopic (exact) mass is 395 g/mol. The van der Waals surface area contributed by atoms with Gasteiger partial charge in [0.1, 0.15) is 0 Å². The van der Waals surface area contributed by atoms with Crippen molar-refractivity contribution < 1.29 is 13.2 Å². The number of carbonyl (C=O) groups excluding carboxylic acids is 1. The molecule has 1 unspecified atom stereocenters. The van der Waals surface area contributed by atoms with E-state index in [0.29, 0.717) is 12.2 Å². The summed E-state index contributed by atoms with van der Waals surface area (Å²) in [6, 6.07) is 10.2. The van der Waals surface area contributed by atoms with Crippen molar-refractivity contribution >= 4 is 33.0 Å². The first-order valence-electron chi connectivity index (χ1n) is 8.52. The molecule has 0 radical (unpaired) electrons. The van der Waals surface area contributed by atoms with Crippen LogP contribution < -0.4 is 10.0 Å². The summed E-state index contributed by atoms with van der Waals surface area (Å²) in [4.78, 5) is 14.6. The lowest BCUT2D eigenvalue weighted by Crippen LogP contribution is -2.37. The zero-order valence-electron chi connectivity index (χ0n) is 15.2. The van der Waals surface area contributed by atoms with Crippen LogP contribution in [0.5, 0.6) is 0 Å². The predicted octanol–water partition coefficient (Wildman–Crippen LogP) is 3.07. The molecule has 0 saturated heterocycles. The summed E-state index contributed by atoms with van der Waals surface area (Å²) in [6.07, 6.45) is 0. The van der Waals surface area contributed by atoms with Crippen molar-refractivity contribution in [1.82, 2.24) is 9.62 Å². The van der Waals surface area contributed by atoms with Crippen LogP contribution in [-0.4, -0.2) is 38.9 Å². The van der Waals surface area contributed by atoms with Crippen LogP contribution in [0.2, 0.25) is 0 Å². The van der Waals surface area contributed by atoms with Gasteiger partial charge in [-0.25, -0.2) is 13.1 Å². The van der Waals surface area contributed by atoms with Gasteiger partial charge in [0.15, 0.2) is 0 Å². The molecule has 0 aliphatic carbocycles. The van der Waals surface area contributed by atoms with Gasteiger partial charge >= 0.3 is 0 Å². The minimum atomic E-state index is -3.63. The summed E-state index contributed by atoms with van der Waals surface area (Å²) in [5, 5.41) is 4.62. The first-order chi connectivity index (χ1) is 12.4. The normalized spacial score (nSPS) is 12.9. The summed E-state index contributed by atoms with van der Waals surface area (Å²) < 4.78 is 28.0. The maximum absolute atomic E-state index is 12.6. The van der Waals surface area contributed by atoms with E-state index in [-0.39, 0.29) is 16.8 Å². The number of likely N-dealkylation sites (N-methyl/N-ethyl adjacent to an activating group) is 1. The summed E-state index contributed by atoms with van der Waals surface area (Å²) in [5.74, 6) is -0.197. The molecule has 1 amide bonds. The lowest BCUT2D eigenvalue weighted by molar-refractivity contribution is -0.114. The van der Waals surface area contributed by atoms with E-state index in [4.69, 9.17) is 0 Å². The van der Waals surface area contributed by atoms with Crippen molar-refractivity contribution in [2.45, 2.75) is 31.7 Å². The summed E-state index contributed by atoms with van der Waals surface area (Å²) >= 11 is 1.63. The van der Waals surface area contributed by atoms with Crippen molar-refractivity contribution in [3.05, 3.63) is 46.7 Å². The number of amides is 1. The van der Waals surface area contributed by atoms with Gasteiger partial charge < -0.3 is 5.32 Å². The molecular formula is C18H25N3O3S2. The second-order valence-corrected chi connectivity index (χ2v) is 8.56. The second kappa shape index (κ2) is 9.27. The number of nitrogens with zero attached hydrogens (tertiary/aromatic N) is 1. The third kappa shape index (κ3) is 5.38. The van der Waals surface area contributed by atoms with Gasteiger partial charge in [-0.2, -0.15) is 0 Å². The van der Waals surface area contributed by atoms with E-state index in [0.717, 1.165) is 18.0 Å². The van der Waals surface area contributed by atoms with E-state index in [9.17, 15) is 13.2 Å². The van der Waals surface area contributed by atoms with E-state index in [2.05, 4.69) is 28.8 Å². The number of carbonyl (C=O) groups is 1. The zero-order chi connectivity index (χ0) is 19.2. The number of hydrogen-bond donors (Lipinski definition) is 2. The van der Waals surface area contributed by atoms with Gasteiger partial charge in [0.2, 0.25) is 15.9 Å². The molecule has 6 nitrogen and oxygen atoms in total. The number of hydrogen-bond acceptors (Lipinski definition) is 5. The summed E-state index contributed by atoms with van der Waals surface area (Å²) in [5.41, 5.74) is 0.566. The van der Waals surface area contributed by atoms with Crippen LogP contribution in [0.4, 0.5) is 5.69 Å². The number of sulfonamides is 1. The Morgan fingerprint density at radius 2 is 1.81 bits per heavy atom. The molecule has 0 bridgehead atoms. The molecule has 1 aromatic carbocycles. The molecule has 2 aromatic rings. The third-order valence-corrected chi connectivity index (χ3v) is 6.49. The summed E-state index contributed by atoms with van der Waals surface area (Å²) in [7, 11) is -3.63. The molecule has 0 saturated carbocycles. The fourth-order valence-corrected chi connectivity index (χ4v) is 4.65. The molecule has 2 rings (SSSR count). The topological polar surface area (TPSA) is 78.5 Å². The van der Waals surface area contributed by atoms with Crippen LogP contribution in [0, 0.1) is 0 Å². The first kappa shape index (κ1) is 20.6. The quantitative estimate of drug-likeness (QED) is 0.684. The number of nitrogens with one attached hydrogen (secondary N) is 2. The van der Waals surface area contributed by atoms with Crippen molar-refractivity contribution in [3.63, 3.8) is 0 Å². The number of anilines is 1. The van der Waals surface area contributed by atoms with E-state index >= 15 is 0 Å². The van der Waals surface area contributed by atoms with Crippen molar-refractivity contribution in [1.29, 1.82) is 0 Å². The second-order valence-electron chi connectivity index (χ2n) is 5.81. The van der Waals surface area contributed by atoms with Crippen LogP contribution in [-0.2, 0) is 14.8 Å². The van der Waals surface area contributed by atoms with Crippen molar-refractivity contribution in [2.75, 3.05) is 25.0 Å². The molecule has 26 heavy (non-hydrogen) atoms. The average molecular weight is 396 g/mol. The van der Waals surface area contributed by atoms with Crippen LogP contribution in [0.25, 0.3) is 0 Å². The van der Waals surface area contributed by atoms with Gasteiger partial charge in [0, 0.05) is 24.0 Å². The van der Waals surface area contributed by atoms with Gasteiger partial charge in [-0.15, -0.1) is 11.3 Å². The average Bonchev–Trinajstić information content (AvgIpc) is 3.12. The fraction of sp³-hybridized carbons (Fsp3) is 0.389. The maximum atomic E-state index is 12.6. The molecule has 0 fully saturated rings. The van der Waals surface area contributed by atoms with Crippen LogP contribution >= 0.6 is 11.3 Å². The predicted molar refractivity (Wildman–Crippen MR) is 106 cm³/mol. The highest BCUT2D eigenvalue weighted by Crippen LogP contribution is 2.25. The van der Waals surface area contributed by atoms with Gasteiger partial charge in [-0.3, -0.25) is 9.69 Å². The molecule has 1 atom stereocenters. The Kier molecular flexibility index (Phi) is 7.33. The van der Waals surface area contributed by atoms with E-state index < -0.39 is 10.0 Å². The number of benzene rings is 1. The van der Waals surface area contributed by atoms with Crippen LogP contribution in [0.15, 0.2) is 46.7 Å². The summed E-state index contributed by atoms with van der Waals surface area (Å²) in [6.45, 7) is 7.53. The van der Waals surface area contributed by atoms with Gasteiger partial charge in [-0.1, -0.05) is 19.9 Å². The van der Waals surface area contributed by atoms with Gasteiger partial charge in [0.05, 0.1) is 10.9 Å². The molecule has 1 heterocycles. The smallest absolute Gasteiger partial charge is 0.240 e. The molecule has 0 spiro atoms. The largest absolute Gasteiger partial charge is 0.326 e. The van der Waals surface area contributed by atoms with E-state index in [1.807, 2.05) is 17.5 Å². The Labute approximate surface area is 159 Å². The Balaban J connectivity index is 2.13. The highest BCUT2D eigenvalue weighted by atomic mass is 32.2. The number of rotatable bonds is 9. The van der Waals surface area contributed by atoms with E-state index in [1.54, 1.807) is 23.5 Å². The van der Waals surface area contributed by atoms with Crippen molar-refractivity contribution in [3.8, 4) is 0 Å². The van der Waals surface area contributed by atoms with Crippen molar-refractivity contribution in [2.24, 2.45) is 0 Å². The van der Waals surface area contributed by atoms with Gasteiger partial charge in [0.25, 0.3) is 0 Å². The molecule has 0 aliphatic rings. The highest BCUT2D eigenvalue weighted by molar-refractivity contribution is 7.89. The van der Waals surface area contributed by atoms with E-state index in [1.165, 1.54) is 19.1 Å². The SMILES string of the molecule is CCN(CC)C(CNS(=O)(=O)c1ccc(NC(C)=O)cc1)c1cccs1. The lowest BCUT2D eigenvalue weighted by atomic mass is 10.2. The zero-order valence-corrected chi connectivity index (χ0v) is 16.9. The van der Waals surface area contributed by atoms with Gasteiger partial charge in [-0.05, 0) is 48.8 Å². The molecular weight excluding hydrogens is 370 g/mol. The Bertz CT molecular complexity index is 799. The first-order valence-corrected chi connectivity index (χ1v) is 10.9. The standard InChI is InChI=1S/C18H25N3O3S2/c1-4-21(5-2)17(18-7-6-12-25-18)13-19-26(23,24)16-10-8-15(9-11-16)20-14(3)22/h6-12,17,19H,4-5,13H2,1-3H3,(H,20,22). The lowest BCUT2D eigenvalue weighted by Gasteiger charge is -2.29. The minimum Gasteiger partial charge on any atom is -0.326 e. The molecule has 1 aromatic heterocycles. The molecule has 142 valence electrons. The maximum Gasteiger partial charge on any atom is 0.240 e. The third-order valence-electron chi connectivity index (χ3n) is 4.08. The molecule has 8 heteroatoms. The molecule has 2 N–H and O–H groups in total. The minimum absolute atomic E-state index is 0.00146. The van der Waals surface area contributed by atoms with Crippen LogP contribution in [0.3, 0.4) is 0 Å². The Hall–Kier alpha value is -1.74. The molecule has 0 aliphatic heterocycles. The fourth-order valence-electron chi connectivity index (χ4n) is 2.75. The Morgan fingerprint density at radius 3 is 2.31 bits per heavy atom. The highest BCUT2D eigenvalue weighted by Gasteiger charge is 2.22.